The molecule has 2 aliphatic rings. The second-order valence-electron chi connectivity index (χ2n) is 7.12. The number of benzene rings is 1. The first-order chi connectivity index (χ1) is 12.5. The molecule has 1 atom stereocenters. The molecule has 0 aromatic heterocycles. The molecule has 1 amide bonds. The SMILES string of the molecule is CCCS(=O)(=O)N1CCCC1C(=O)Nc1ccc(OC2CCCC2)cc1. The van der Waals surface area contributed by atoms with Crippen molar-refractivity contribution in [2.75, 3.05) is 17.6 Å². The van der Waals surface area contributed by atoms with E-state index in [1.807, 2.05) is 31.2 Å². The van der Waals surface area contributed by atoms with E-state index < -0.39 is 16.1 Å². The molecule has 1 unspecified atom stereocenters. The van der Waals surface area contributed by atoms with Crippen molar-refractivity contribution >= 4 is 21.6 Å². The van der Waals surface area contributed by atoms with Gasteiger partial charge in [-0.2, -0.15) is 4.31 Å². The van der Waals surface area contributed by atoms with E-state index in [1.54, 1.807) is 0 Å². The molecular formula is C19H28N2O4S. The first-order valence-corrected chi connectivity index (χ1v) is 11.2. The normalized spacial score (nSPS) is 21.8. The van der Waals surface area contributed by atoms with Crippen molar-refractivity contribution in [1.29, 1.82) is 0 Å². The maximum Gasteiger partial charge on any atom is 0.242 e. The predicted octanol–water partition coefficient (Wildman–Crippen LogP) is 3.15. The molecule has 2 fully saturated rings. The lowest BCUT2D eigenvalue weighted by Gasteiger charge is -2.23. The van der Waals surface area contributed by atoms with Gasteiger partial charge in [0.2, 0.25) is 15.9 Å². The maximum atomic E-state index is 12.6. The Balaban J connectivity index is 1.60. The Labute approximate surface area is 156 Å². The quantitative estimate of drug-likeness (QED) is 0.788. The van der Waals surface area contributed by atoms with Gasteiger partial charge in [-0.05, 0) is 69.2 Å². The highest BCUT2D eigenvalue weighted by molar-refractivity contribution is 7.89. The lowest BCUT2D eigenvalue weighted by atomic mass is 10.2. The fourth-order valence-corrected chi connectivity index (χ4v) is 5.50. The first kappa shape index (κ1) is 19.2. The summed E-state index contributed by atoms with van der Waals surface area (Å²) in [6, 6.07) is 6.72. The van der Waals surface area contributed by atoms with Crippen molar-refractivity contribution in [2.45, 2.75) is 64.0 Å². The summed E-state index contributed by atoms with van der Waals surface area (Å²) < 4.78 is 32.0. The van der Waals surface area contributed by atoms with E-state index in [2.05, 4.69) is 5.32 Å². The molecule has 26 heavy (non-hydrogen) atoms. The fourth-order valence-electron chi connectivity index (χ4n) is 3.75. The third-order valence-electron chi connectivity index (χ3n) is 5.05. The highest BCUT2D eigenvalue weighted by atomic mass is 32.2. The van der Waals surface area contributed by atoms with Gasteiger partial charge >= 0.3 is 0 Å². The number of carbonyl (C=O) groups excluding carboxylic acids is 1. The van der Waals surface area contributed by atoms with Crippen LogP contribution < -0.4 is 10.1 Å². The van der Waals surface area contributed by atoms with Crippen LogP contribution in [0.15, 0.2) is 24.3 Å². The van der Waals surface area contributed by atoms with Crippen LogP contribution in [0.2, 0.25) is 0 Å². The molecule has 0 spiro atoms. The zero-order chi connectivity index (χ0) is 18.6. The Bertz CT molecular complexity index is 712. The number of nitrogens with zero attached hydrogens (tertiary/aromatic N) is 1. The Hall–Kier alpha value is -1.60. The van der Waals surface area contributed by atoms with E-state index in [4.69, 9.17) is 4.74 Å². The highest BCUT2D eigenvalue weighted by Gasteiger charge is 2.38. The van der Waals surface area contributed by atoms with Gasteiger partial charge in [-0.15, -0.1) is 0 Å². The molecular weight excluding hydrogens is 352 g/mol. The molecule has 1 aliphatic carbocycles. The Morgan fingerprint density at radius 2 is 1.85 bits per heavy atom. The number of sulfonamides is 1. The largest absolute Gasteiger partial charge is 0.490 e. The van der Waals surface area contributed by atoms with E-state index in [9.17, 15) is 13.2 Å². The van der Waals surface area contributed by atoms with Crippen LogP contribution in [0.1, 0.15) is 51.9 Å². The van der Waals surface area contributed by atoms with Crippen LogP contribution in [0.25, 0.3) is 0 Å². The number of hydrogen-bond acceptors (Lipinski definition) is 4. The van der Waals surface area contributed by atoms with Gasteiger partial charge in [0.25, 0.3) is 0 Å². The van der Waals surface area contributed by atoms with Gasteiger partial charge in [0, 0.05) is 12.2 Å². The van der Waals surface area contributed by atoms with Gasteiger partial charge in [0.05, 0.1) is 11.9 Å². The maximum absolute atomic E-state index is 12.6. The number of hydrogen-bond donors (Lipinski definition) is 1. The summed E-state index contributed by atoms with van der Waals surface area (Å²) in [6.07, 6.45) is 6.77. The minimum Gasteiger partial charge on any atom is -0.490 e. The van der Waals surface area contributed by atoms with Crippen molar-refractivity contribution in [3.05, 3.63) is 24.3 Å². The predicted molar refractivity (Wildman–Crippen MR) is 102 cm³/mol. The van der Waals surface area contributed by atoms with Gasteiger partial charge in [0.1, 0.15) is 11.8 Å². The average molecular weight is 381 g/mol. The van der Waals surface area contributed by atoms with Crippen LogP contribution in [0, 0.1) is 0 Å². The number of anilines is 1. The lowest BCUT2D eigenvalue weighted by molar-refractivity contribution is -0.119. The van der Waals surface area contributed by atoms with E-state index in [0.717, 1.165) is 25.0 Å². The smallest absolute Gasteiger partial charge is 0.242 e. The summed E-state index contributed by atoms with van der Waals surface area (Å²) in [7, 11) is -3.36. The van der Waals surface area contributed by atoms with Crippen LogP contribution in [0.4, 0.5) is 5.69 Å². The minimum absolute atomic E-state index is 0.0873. The summed E-state index contributed by atoms with van der Waals surface area (Å²) in [5, 5.41) is 2.85. The highest BCUT2D eigenvalue weighted by Crippen LogP contribution is 2.26. The van der Waals surface area contributed by atoms with Crippen LogP contribution in [-0.2, 0) is 14.8 Å². The molecule has 0 radical (unpaired) electrons. The number of carbonyl (C=O) groups is 1. The minimum atomic E-state index is -3.36. The summed E-state index contributed by atoms with van der Waals surface area (Å²) >= 11 is 0. The van der Waals surface area contributed by atoms with Crippen LogP contribution in [0.5, 0.6) is 5.75 Å². The summed E-state index contributed by atoms with van der Waals surface area (Å²) in [5.74, 6) is 0.638. The molecule has 1 aromatic carbocycles. The number of nitrogens with one attached hydrogen (secondary N) is 1. The zero-order valence-electron chi connectivity index (χ0n) is 15.3. The van der Waals surface area contributed by atoms with Gasteiger partial charge in [-0.1, -0.05) is 6.92 Å². The average Bonchev–Trinajstić information content (AvgIpc) is 3.28. The molecule has 0 bridgehead atoms. The van der Waals surface area contributed by atoms with Crippen molar-refractivity contribution in [3.8, 4) is 5.75 Å². The topological polar surface area (TPSA) is 75.7 Å². The third kappa shape index (κ3) is 4.57. The second kappa shape index (κ2) is 8.39. The van der Waals surface area contributed by atoms with Crippen LogP contribution >= 0.6 is 0 Å². The van der Waals surface area contributed by atoms with Crippen molar-refractivity contribution < 1.29 is 17.9 Å². The van der Waals surface area contributed by atoms with Gasteiger partial charge < -0.3 is 10.1 Å². The van der Waals surface area contributed by atoms with Gasteiger partial charge in [0.15, 0.2) is 0 Å². The van der Waals surface area contributed by atoms with E-state index in [1.165, 1.54) is 17.1 Å². The van der Waals surface area contributed by atoms with Gasteiger partial charge in [-0.25, -0.2) is 8.42 Å². The molecule has 1 N–H and O–H groups in total. The summed E-state index contributed by atoms with van der Waals surface area (Å²) in [5.41, 5.74) is 0.661. The summed E-state index contributed by atoms with van der Waals surface area (Å²) in [6.45, 7) is 2.26. The van der Waals surface area contributed by atoms with Crippen molar-refractivity contribution in [2.24, 2.45) is 0 Å². The molecule has 1 saturated heterocycles. The fraction of sp³-hybridized carbons (Fsp3) is 0.632. The molecule has 144 valence electrons. The molecule has 1 saturated carbocycles. The molecule has 1 heterocycles. The standard InChI is InChI=1S/C19H28N2O4S/c1-2-14-26(23,24)21-13-5-8-18(21)19(22)20-15-9-11-17(12-10-15)25-16-6-3-4-7-16/h9-12,16,18H,2-8,13-14H2,1H3,(H,20,22). The number of ether oxygens (including phenoxy) is 1. The van der Waals surface area contributed by atoms with Crippen molar-refractivity contribution in [3.63, 3.8) is 0 Å². The zero-order valence-corrected chi connectivity index (χ0v) is 16.1. The Morgan fingerprint density at radius 3 is 2.50 bits per heavy atom. The second-order valence-corrected chi connectivity index (χ2v) is 9.16. The van der Waals surface area contributed by atoms with E-state index >= 15 is 0 Å². The van der Waals surface area contributed by atoms with Gasteiger partial charge in [-0.3, -0.25) is 4.79 Å². The molecule has 3 rings (SSSR count). The molecule has 6 nitrogen and oxygen atoms in total. The lowest BCUT2D eigenvalue weighted by Crippen LogP contribution is -2.44. The third-order valence-corrected chi connectivity index (χ3v) is 7.13. The van der Waals surface area contributed by atoms with Crippen LogP contribution in [0.3, 0.4) is 0 Å². The molecule has 1 aliphatic heterocycles. The van der Waals surface area contributed by atoms with Crippen LogP contribution in [-0.4, -0.2) is 43.1 Å². The summed E-state index contributed by atoms with van der Waals surface area (Å²) in [4.78, 5) is 12.6. The number of rotatable bonds is 7. The number of amides is 1. The monoisotopic (exact) mass is 380 g/mol. The first-order valence-electron chi connectivity index (χ1n) is 9.56. The molecule has 1 aromatic rings. The van der Waals surface area contributed by atoms with E-state index in [-0.39, 0.29) is 11.7 Å². The Morgan fingerprint density at radius 1 is 1.15 bits per heavy atom. The van der Waals surface area contributed by atoms with E-state index in [0.29, 0.717) is 31.2 Å². The van der Waals surface area contributed by atoms with Crippen molar-refractivity contribution in [1.82, 2.24) is 4.31 Å². The Kier molecular flexibility index (Phi) is 6.19. The molecule has 7 heteroatoms.